The highest BCUT2D eigenvalue weighted by Crippen LogP contribution is 2.21. The first-order valence-corrected chi connectivity index (χ1v) is 7.24. The van der Waals surface area contributed by atoms with Crippen molar-refractivity contribution in [3.05, 3.63) is 28.8 Å². The molecular weight excluding hydrogens is 285 g/mol. The molecule has 0 heterocycles. The van der Waals surface area contributed by atoms with Crippen LogP contribution in [0.3, 0.4) is 0 Å². The van der Waals surface area contributed by atoms with E-state index in [0.717, 1.165) is 0 Å². The lowest BCUT2D eigenvalue weighted by molar-refractivity contribution is 0.204. The lowest BCUT2D eigenvalue weighted by atomic mass is 10.2. The van der Waals surface area contributed by atoms with Gasteiger partial charge in [-0.2, -0.15) is 0 Å². The zero-order chi connectivity index (χ0) is 12.9. The predicted molar refractivity (Wildman–Crippen MR) is 68.1 cm³/mol. The molecule has 0 aliphatic heterocycles. The Morgan fingerprint density at radius 2 is 2.12 bits per heavy atom. The molecule has 0 fully saturated rings. The van der Waals surface area contributed by atoms with Gasteiger partial charge in [0, 0.05) is 24.6 Å². The number of methoxy groups -OCH3 is 1. The molecule has 17 heavy (non-hydrogen) atoms. The summed E-state index contributed by atoms with van der Waals surface area (Å²) in [5.41, 5.74) is 0.586. The molecule has 1 aromatic rings. The van der Waals surface area contributed by atoms with E-state index in [0.29, 0.717) is 17.2 Å². The predicted octanol–water partition coefficient (Wildman–Crippen LogP) is 2.00. The Labute approximate surface area is 111 Å². The molecule has 7 heteroatoms. The third-order valence-corrected chi connectivity index (χ3v) is 4.19. The van der Waals surface area contributed by atoms with Crippen LogP contribution in [0.1, 0.15) is 5.56 Å². The van der Waals surface area contributed by atoms with Gasteiger partial charge in [-0.3, -0.25) is 0 Å². The van der Waals surface area contributed by atoms with Crippen LogP contribution in [-0.2, 0) is 20.6 Å². The van der Waals surface area contributed by atoms with E-state index in [1.807, 2.05) is 0 Å². The second kappa shape index (κ2) is 6.56. The summed E-state index contributed by atoms with van der Waals surface area (Å²) in [6, 6.07) is 4.42. The van der Waals surface area contributed by atoms with Crippen molar-refractivity contribution in [2.45, 2.75) is 10.8 Å². The van der Waals surface area contributed by atoms with Gasteiger partial charge in [0.25, 0.3) is 0 Å². The Balaban J connectivity index is 2.91. The van der Waals surface area contributed by atoms with Gasteiger partial charge in [-0.25, -0.2) is 13.1 Å². The van der Waals surface area contributed by atoms with Crippen molar-refractivity contribution >= 4 is 33.2 Å². The standard InChI is InChI=1S/C10H13Cl2NO3S/c1-16-5-4-13-17(14,15)9-2-3-10(12)8(6-9)7-11/h2-3,6,13H,4-5,7H2,1H3. The second-order valence-corrected chi connectivity index (χ2v) is 5.72. The molecule has 0 bridgehead atoms. The molecule has 0 aliphatic rings. The van der Waals surface area contributed by atoms with Gasteiger partial charge in [0.2, 0.25) is 10.0 Å². The summed E-state index contributed by atoms with van der Waals surface area (Å²) in [6.45, 7) is 0.535. The Kier molecular flexibility index (Phi) is 5.69. The molecule has 96 valence electrons. The first-order chi connectivity index (χ1) is 8.01. The van der Waals surface area contributed by atoms with Crippen LogP contribution in [0.4, 0.5) is 0 Å². The van der Waals surface area contributed by atoms with Crippen LogP contribution in [-0.4, -0.2) is 28.7 Å². The zero-order valence-corrected chi connectivity index (χ0v) is 11.6. The van der Waals surface area contributed by atoms with Gasteiger partial charge < -0.3 is 4.74 Å². The van der Waals surface area contributed by atoms with Crippen LogP contribution in [0.15, 0.2) is 23.1 Å². The van der Waals surface area contributed by atoms with Crippen LogP contribution in [0.5, 0.6) is 0 Å². The van der Waals surface area contributed by atoms with Crippen LogP contribution in [0, 0.1) is 0 Å². The van der Waals surface area contributed by atoms with Gasteiger partial charge in [0.1, 0.15) is 0 Å². The third kappa shape index (κ3) is 4.12. The minimum absolute atomic E-state index is 0.147. The highest BCUT2D eigenvalue weighted by Gasteiger charge is 2.14. The molecule has 1 N–H and O–H groups in total. The minimum atomic E-state index is -3.53. The van der Waals surface area contributed by atoms with E-state index in [1.54, 1.807) is 0 Å². The van der Waals surface area contributed by atoms with E-state index >= 15 is 0 Å². The van der Waals surface area contributed by atoms with Gasteiger partial charge in [-0.15, -0.1) is 11.6 Å². The average molecular weight is 298 g/mol. The molecule has 0 aromatic heterocycles. The quantitative estimate of drug-likeness (QED) is 0.645. The topological polar surface area (TPSA) is 55.4 Å². The number of nitrogens with one attached hydrogen (secondary N) is 1. The molecule has 0 spiro atoms. The first-order valence-electron chi connectivity index (χ1n) is 4.84. The molecule has 4 nitrogen and oxygen atoms in total. The van der Waals surface area contributed by atoms with Crippen molar-refractivity contribution in [3.63, 3.8) is 0 Å². The summed E-state index contributed by atoms with van der Waals surface area (Å²) in [5, 5.41) is 0.454. The number of hydrogen-bond donors (Lipinski definition) is 1. The Bertz CT molecular complexity index is 476. The lowest BCUT2D eigenvalue weighted by Crippen LogP contribution is -2.27. The van der Waals surface area contributed by atoms with E-state index < -0.39 is 10.0 Å². The van der Waals surface area contributed by atoms with Crippen LogP contribution in [0.2, 0.25) is 5.02 Å². The summed E-state index contributed by atoms with van der Waals surface area (Å²) in [5.74, 6) is 0.167. The molecule has 0 aliphatic carbocycles. The average Bonchev–Trinajstić information content (AvgIpc) is 2.29. The smallest absolute Gasteiger partial charge is 0.240 e. The molecule has 0 radical (unpaired) electrons. The van der Waals surface area contributed by atoms with Crippen molar-refractivity contribution in [1.82, 2.24) is 4.72 Å². The number of alkyl halides is 1. The van der Waals surface area contributed by atoms with Gasteiger partial charge >= 0.3 is 0 Å². The summed E-state index contributed by atoms with van der Waals surface area (Å²) in [4.78, 5) is 0.147. The van der Waals surface area contributed by atoms with Crippen molar-refractivity contribution in [3.8, 4) is 0 Å². The van der Waals surface area contributed by atoms with Crippen LogP contribution >= 0.6 is 23.2 Å². The summed E-state index contributed by atoms with van der Waals surface area (Å²) in [7, 11) is -2.03. The molecule has 0 saturated carbocycles. The van der Waals surface area contributed by atoms with Crippen LogP contribution < -0.4 is 4.72 Å². The number of ether oxygens (including phenoxy) is 1. The van der Waals surface area contributed by atoms with Gasteiger partial charge in [0.05, 0.1) is 11.5 Å². The summed E-state index contributed by atoms with van der Waals surface area (Å²) in [6.07, 6.45) is 0. The number of sulfonamides is 1. The van der Waals surface area contributed by atoms with E-state index in [4.69, 9.17) is 27.9 Å². The Hall–Kier alpha value is -0.330. The van der Waals surface area contributed by atoms with Gasteiger partial charge in [-0.1, -0.05) is 11.6 Å². The van der Waals surface area contributed by atoms with Crippen LogP contribution in [0.25, 0.3) is 0 Å². The molecule has 1 aromatic carbocycles. The molecule has 0 atom stereocenters. The van der Waals surface area contributed by atoms with E-state index in [1.165, 1.54) is 25.3 Å². The van der Waals surface area contributed by atoms with Crippen molar-refractivity contribution in [2.24, 2.45) is 0 Å². The molecule has 0 saturated heterocycles. The van der Waals surface area contributed by atoms with Crippen molar-refractivity contribution < 1.29 is 13.2 Å². The normalized spacial score (nSPS) is 11.7. The maximum atomic E-state index is 11.8. The molecular formula is C10H13Cl2NO3S. The summed E-state index contributed by atoms with van der Waals surface area (Å²) >= 11 is 11.5. The van der Waals surface area contributed by atoms with Crippen molar-refractivity contribution in [2.75, 3.05) is 20.3 Å². The van der Waals surface area contributed by atoms with E-state index in [-0.39, 0.29) is 17.3 Å². The molecule has 0 unspecified atom stereocenters. The monoisotopic (exact) mass is 297 g/mol. The fourth-order valence-corrected chi connectivity index (χ4v) is 2.72. The lowest BCUT2D eigenvalue weighted by Gasteiger charge is -2.08. The minimum Gasteiger partial charge on any atom is -0.383 e. The summed E-state index contributed by atoms with van der Waals surface area (Å²) < 4.78 is 30.8. The number of hydrogen-bond acceptors (Lipinski definition) is 3. The first kappa shape index (κ1) is 14.7. The molecule has 1 rings (SSSR count). The number of benzene rings is 1. The van der Waals surface area contributed by atoms with Gasteiger partial charge in [-0.05, 0) is 23.8 Å². The maximum Gasteiger partial charge on any atom is 0.240 e. The van der Waals surface area contributed by atoms with Gasteiger partial charge in [0.15, 0.2) is 0 Å². The maximum absolute atomic E-state index is 11.8. The largest absolute Gasteiger partial charge is 0.383 e. The van der Waals surface area contributed by atoms with Crippen molar-refractivity contribution in [1.29, 1.82) is 0 Å². The Morgan fingerprint density at radius 3 is 2.71 bits per heavy atom. The molecule has 0 amide bonds. The number of halogens is 2. The van der Waals surface area contributed by atoms with E-state index in [9.17, 15) is 8.42 Å². The second-order valence-electron chi connectivity index (χ2n) is 3.28. The highest BCUT2D eigenvalue weighted by molar-refractivity contribution is 7.89. The fourth-order valence-electron chi connectivity index (χ4n) is 1.18. The Morgan fingerprint density at radius 1 is 1.41 bits per heavy atom. The number of rotatable bonds is 6. The van der Waals surface area contributed by atoms with E-state index in [2.05, 4.69) is 4.72 Å². The zero-order valence-electron chi connectivity index (χ0n) is 9.24. The SMILES string of the molecule is COCCNS(=O)(=O)c1ccc(Cl)c(CCl)c1. The highest BCUT2D eigenvalue weighted by atomic mass is 35.5. The third-order valence-electron chi connectivity index (χ3n) is 2.07. The fraction of sp³-hybridized carbons (Fsp3) is 0.400.